The highest BCUT2D eigenvalue weighted by Crippen LogP contribution is 2.20. The van der Waals surface area contributed by atoms with Crippen molar-refractivity contribution < 1.29 is 4.74 Å². The molecule has 0 aromatic heterocycles. The Morgan fingerprint density at radius 3 is 3.06 bits per heavy atom. The molecular weight excluding hydrogens is 212 g/mol. The van der Waals surface area contributed by atoms with Crippen molar-refractivity contribution in [2.45, 2.75) is 19.9 Å². The van der Waals surface area contributed by atoms with Gasteiger partial charge in [-0.1, -0.05) is 12.1 Å². The number of hydrogen-bond donors (Lipinski definition) is 1. The molecule has 3 nitrogen and oxygen atoms in total. The second kappa shape index (κ2) is 6.03. The van der Waals surface area contributed by atoms with Crippen molar-refractivity contribution in [3.05, 3.63) is 29.8 Å². The Kier molecular flexibility index (Phi) is 4.40. The van der Waals surface area contributed by atoms with E-state index in [1.807, 2.05) is 13.0 Å². The fourth-order valence-electron chi connectivity index (χ4n) is 2.41. The van der Waals surface area contributed by atoms with E-state index in [-0.39, 0.29) is 0 Å². The molecule has 1 fully saturated rings. The van der Waals surface area contributed by atoms with Gasteiger partial charge in [0.15, 0.2) is 0 Å². The summed E-state index contributed by atoms with van der Waals surface area (Å²) in [6.45, 7) is 6.87. The molecule has 0 spiro atoms. The van der Waals surface area contributed by atoms with Gasteiger partial charge in [0.25, 0.3) is 0 Å². The van der Waals surface area contributed by atoms with Crippen molar-refractivity contribution in [3.8, 4) is 5.75 Å². The molecule has 1 aliphatic heterocycles. The number of ether oxygens (including phenoxy) is 1. The van der Waals surface area contributed by atoms with Crippen LogP contribution in [-0.4, -0.2) is 31.1 Å². The molecule has 1 aliphatic rings. The molecule has 0 radical (unpaired) electrons. The van der Waals surface area contributed by atoms with Crippen LogP contribution in [0, 0.1) is 5.92 Å². The fourth-order valence-corrected chi connectivity index (χ4v) is 2.41. The van der Waals surface area contributed by atoms with Gasteiger partial charge in [-0.05, 0) is 50.0 Å². The largest absolute Gasteiger partial charge is 0.494 e. The molecule has 1 unspecified atom stereocenters. The van der Waals surface area contributed by atoms with Gasteiger partial charge in [0.1, 0.15) is 5.75 Å². The quantitative estimate of drug-likeness (QED) is 0.845. The second-order valence-corrected chi connectivity index (χ2v) is 4.71. The van der Waals surface area contributed by atoms with Crippen LogP contribution in [0.2, 0.25) is 0 Å². The van der Waals surface area contributed by atoms with E-state index >= 15 is 0 Å². The normalized spacial score (nSPS) is 20.7. The van der Waals surface area contributed by atoms with Gasteiger partial charge in [-0.3, -0.25) is 4.90 Å². The highest BCUT2D eigenvalue weighted by atomic mass is 16.5. The first-order chi connectivity index (χ1) is 8.31. The minimum atomic E-state index is 0.685. The minimum absolute atomic E-state index is 0.685. The van der Waals surface area contributed by atoms with E-state index in [9.17, 15) is 0 Å². The summed E-state index contributed by atoms with van der Waals surface area (Å²) < 4.78 is 5.51. The van der Waals surface area contributed by atoms with Gasteiger partial charge in [-0.25, -0.2) is 0 Å². The van der Waals surface area contributed by atoms with Crippen molar-refractivity contribution in [2.75, 3.05) is 26.2 Å². The predicted octanol–water partition coefficient (Wildman–Crippen LogP) is 1.87. The second-order valence-electron chi connectivity index (χ2n) is 4.71. The molecule has 0 bridgehead atoms. The van der Waals surface area contributed by atoms with Crippen LogP contribution in [-0.2, 0) is 6.54 Å². The predicted molar refractivity (Wildman–Crippen MR) is 70.0 cm³/mol. The third-order valence-corrected chi connectivity index (χ3v) is 3.32. The first kappa shape index (κ1) is 12.4. The summed E-state index contributed by atoms with van der Waals surface area (Å²) in [4.78, 5) is 2.47. The zero-order valence-electron chi connectivity index (χ0n) is 10.6. The Balaban J connectivity index is 1.92. The van der Waals surface area contributed by atoms with Crippen molar-refractivity contribution in [1.82, 2.24) is 4.90 Å². The van der Waals surface area contributed by atoms with Crippen molar-refractivity contribution >= 4 is 0 Å². The molecule has 1 atom stereocenters. The third kappa shape index (κ3) is 3.45. The van der Waals surface area contributed by atoms with Crippen LogP contribution < -0.4 is 10.5 Å². The average molecular weight is 234 g/mol. The van der Waals surface area contributed by atoms with Gasteiger partial charge < -0.3 is 10.5 Å². The lowest BCUT2D eigenvalue weighted by molar-refractivity contribution is 0.314. The monoisotopic (exact) mass is 234 g/mol. The molecule has 17 heavy (non-hydrogen) atoms. The maximum atomic E-state index is 5.71. The van der Waals surface area contributed by atoms with Gasteiger partial charge in [-0.15, -0.1) is 0 Å². The third-order valence-electron chi connectivity index (χ3n) is 3.32. The van der Waals surface area contributed by atoms with Crippen LogP contribution in [0.4, 0.5) is 0 Å². The van der Waals surface area contributed by atoms with Crippen molar-refractivity contribution in [3.63, 3.8) is 0 Å². The van der Waals surface area contributed by atoms with Gasteiger partial charge in [-0.2, -0.15) is 0 Å². The summed E-state index contributed by atoms with van der Waals surface area (Å²) in [6.07, 6.45) is 1.24. The summed E-state index contributed by atoms with van der Waals surface area (Å²) in [6, 6.07) is 8.38. The van der Waals surface area contributed by atoms with Crippen LogP contribution in [0.15, 0.2) is 24.3 Å². The SMILES string of the molecule is CCOc1cccc(CN2CCC(CN)C2)c1. The molecule has 0 saturated carbocycles. The van der Waals surface area contributed by atoms with Gasteiger partial charge >= 0.3 is 0 Å². The van der Waals surface area contributed by atoms with E-state index in [4.69, 9.17) is 10.5 Å². The summed E-state index contributed by atoms with van der Waals surface area (Å²) in [5.41, 5.74) is 7.03. The van der Waals surface area contributed by atoms with Crippen LogP contribution in [0.1, 0.15) is 18.9 Å². The standard InChI is InChI=1S/C14H22N2O/c1-2-17-14-5-3-4-12(8-14)10-16-7-6-13(9-15)11-16/h3-5,8,13H,2,6-7,9-11,15H2,1H3. The molecule has 3 heteroatoms. The Bertz CT molecular complexity index is 354. The Hall–Kier alpha value is -1.06. The summed E-state index contributed by atoms with van der Waals surface area (Å²) >= 11 is 0. The zero-order valence-corrected chi connectivity index (χ0v) is 10.6. The smallest absolute Gasteiger partial charge is 0.119 e. The maximum Gasteiger partial charge on any atom is 0.119 e. The summed E-state index contributed by atoms with van der Waals surface area (Å²) in [7, 11) is 0. The highest BCUT2D eigenvalue weighted by molar-refractivity contribution is 5.28. The number of benzene rings is 1. The molecule has 1 aromatic carbocycles. The summed E-state index contributed by atoms with van der Waals surface area (Å²) in [5.74, 6) is 1.66. The molecule has 2 N–H and O–H groups in total. The maximum absolute atomic E-state index is 5.71. The lowest BCUT2D eigenvalue weighted by Gasteiger charge is -2.16. The highest BCUT2D eigenvalue weighted by Gasteiger charge is 2.20. The zero-order chi connectivity index (χ0) is 12.1. The molecule has 1 heterocycles. The lowest BCUT2D eigenvalue weighted by Crippen LogP contribution is -2.22. The van der Waals surface area contributed by atoms with E-state index in [0.717, 1.165) is 32.0 Å². The van der Waals surface area contributed by atoms with Crippen molar-refractivity contribution in [1.29, 1.82) is 0 Å². The molecular formula is C14H22N2O. The molecule has 1 aromatic rings. The number of hydrogen-bond acceptors (Lipinski definition) is 3. The first-order valence-electron chi connectivity index (χ1n) is 6.46. The fraction of sp³-hybridized carbons (Fsp3) is 0.571. The van der Waals surface area contributed by atoms with Crippen LogP contribution in [0.25, 0.3) is 0 Å². The van der Waals surface area contributed by atoms with Gasteiger partial charge in [0.2, 0.25) is 0 Å². The summed E-state index contributed by atoms with van der Waals surface area (Å²) in [5, 5.41) is 0. The van der Waals surface area contributed by atoms with E-state index in [1.165, 1.54) is 18.5 Å². The molecule has 2 rings (SSSR count). The Morgan fingerprint density at radius 1 is 1.47 bits per heavy atom. The van der Waals surface area contributed by atoms with Crippen LogP contribution in [0.5, 0.6) is 5.75 Å². The molecule has 0 amide bonds. The number of rotatable bonds is 5. The topological polar surface area (TPSA) is 38.5 Å². The number of nitrogens with two attached hydrogens (primary N) is 1. The minimum Gasteiger partial charge on any atom is -0.494 e. The van der Waals surface area contributed by atoms with Gasteiger partial charge in [0, 0.05) is 13.1 Å². The Labute approximate surface area is 104 Å². The van der Waals surface area contributed by atoms with Crippen LogP contribution in [0.3, 0.4) is 0 Å². The van der Waals surface area contributed by atoms with Gasteiger partial charge in [0.05, 0.1) is 6.61 Å². The number of nitrogens with zero attached hydrogens (tertiary/aromatic N) is 1. The lowest BCUT2D eigenvalue weighted by atomic mass is 10.1. The average Bonchev–Trinajstić information content (AvgIpc) is 2.78. The van der Waals surface area contributed by atoms with E-state index in [0.29, 0.717) is 5.92 Å². The number of likely N-dealkylation sites (tertiary alicyclic amines) is 1. The van der Waals surface area contributed by atoms with E-state index < -0.39 is 0 Å². The Morgan fingerprint density at radius 2 is 2.35 bits per heavy atom. The van der Waals surface area contributed by atoms with E-state index in [1.54, 1.807) is 0 Å². The van der Waals surface area contributed by atoms with Crippen LogP contribution >= 0.6 is 0 Å². The molecule has 1 saturated heterocycles. The molecule has 0 aliphatic carbocycles. The molecule has 94 valence electrons. The van der Waals surface area contributed by atoms with Crippen molar-refractivity contribution in [2.24, 2.45) is 11.7 Å². The van der Waals surface area contributed by atoms with E-state index in [2.05, 4.69) is 23.1 Å². The first-order valence-corrected chi connectivity index (χ1v) is 6.46.